The molecule has 2 aromatic rings. The fourth-order valence-corrected chi connectivity index (χ4v) is 5.05. The Hall–Kier alpha value is -0.950. The Bertz CT molecular complexity index is 1040. The zero-order valence-electron chi connectivity index (χ0n) is 13.1. The summed E-state index contributed by atoms with van der Waals surface area (Å²) in [6.07, 6.45) is 1.33. The van der Waals surface area contributed by atoms with Crippen molar-refractivity contribution >= 4 is 109 Å². The van der Waals surface area contributed by atoms with E-state index in [0.29, 0.717) is 19.8 Å². The highest BCUT2D eigenvalue weighted by molar-refractivity contribution is 14.1. The van der Waals surface area contributed by atoms with Gasteiger partial charge in [0.15, 0.2) is 5.11 Å². The Morgan fingerprint density at radius 1 is 1.15 bits per heavy atom. The molecule has 27 heavy (non-hydrogen) atoms. The van der Waals surface area contributed by atoms with Crippen molar-refractivity contribution in [2.24, 2.45) is 0 Å². The van der Waals surface area contributed by atoms with Crippen molar-refractivity contribution in [3.8, 4) is 5.75 Å². The van der Waals surface area contributed by atoms with Crippen LogP contribution in [0.3, 0.4) is 0 Å². The largest absolute Gasteiger partial charge is 0.506 e. The lowest BCUT2D eigenvalue weighted by Crippen LogP contribution is -2.54. The maximum Gasteiger partial charge on any atom is 0.270 e. The van der Waals surface area contributed by atoms with E-state index in [4.69, 9.17) is 35.4 Å². The molecule has 0 atom stereocenters. The molecular formula is C17H8Cl2I2N2O3S. The molecule has 3 rings (SSSR count). The van der Waals surface area contributed by atoms with Crippen molar-refractivity contribution in [3.63, 3.8) is 0 Å². The third-order valence-corrected chi connectivity index (χ3v) is 5.88. The van der Waals surface area contributed by atoms with Gasteiger partial charge in [0.2, 0.25) is 0 Å². The number of nitrogens with zero attached hydrogens (tertiary/aromatic N) is 1. The summed E-state index contributed by atoms with van der Waals surface area (Å²) >= 11 is 21.3. The smallest absolute Gasteiger partial charge is 0.270 e. The first-order chi connectivity index (χ1) is 12.7. The first-order valence-electron chi connectivity index (χ1n) is 7.23. The first kappa shape index (κ1) is 20.8. The van der Waals surface area contributed by atoms with Crippen LogP contribution in [0.2, 0.25) is 10.0 Å². The van der Waals surface area contributed by atoms with Crippen LogP contribution in [0.4, 0.5) is 5.69 Å². The minimum Gasteiger partial charge on any atom is -0.506 e. The van der Waals surface area contributed by atoms with Gasteiger partial charge in [0.25, 0.3) is 11.8 Å². The van der Waals surface area contributed by atoms with Crippen LogP contribution in [-0.4, -0.2) is 22.0 Å². The van der Waals surface area contributed by atoms with E-state index in [0.717, 1.165) is 8.47 Å². The van der Waals surface area contributed by atoms with Crippen LogP contribution >= 0.6 is 80.6 Å². The van der Waals surface area contributed by atoms with Crippen LogP contribution in [0.1, 0.15) is 5.56 Å². The van der Waals surface area contributed by atoms with E-state index in [1.165, 1.54) is 18.2 Å². The molecule has 0 radical (unpaired) electrons. The third kappa shape index (κ3) is 4.24. The van der Waals surface area contributed by atoms with Gasteiger partial charge in [-0.1, -0.05) is 23.2 Å². The number of aromatic hydroxyl groups is 1. The lowest BCUT2D eigenvalue weighted by molar-refractivity contribution is -0.122. The quantitative estimate of drug-likeness (QED) is 0.215. The first-order valence-corrected chi connectivity index (χ1v) is 10.6. The second-order valence-corrected chi connectivity index (χ2v) is 9.02. The molecule has 1 fully saturated rings. The topological polar surface area (TPSA) is 69.6 Å². The fourth-order valence-electron chi connectivity index (χ4n) is 2.39. The minimum atomic E-state index is -0.653. The van der Waals surface area contributed by atoms with E-state index in [1.807, 2.05) is 22.6 Å². The third-order valence-electron chi connectivity index (χ3n) is 3.61. The zero-order valence-corrected chi connectivity index (χ0v) is 19.7. The number of carbonyl (C=O) groups is 2. The fraction of sp³-hybridized carbons (Fsp3) is 0. The number of carbonyl (C=O) groups excluding carboxylic acids is 2. The van der Waals surface area contributed by atoms with Crippen LogP contribution in [0.5, 0.6) is 5.75 Å². The molecule has 0 aliphatic carbocycles. The number of nitrogens with one attached hydrogen (secondary N) is 1. The molecule has 0 unspecified atom stereocenters. The van der Waals surface area contributed by atoms with Gasteiger partial charge in [0.1, 0.15) is 11.3 Å². The van der Waals surface area contributed by atoms with E-state index in [1.54, 1.807) is 18.2 Å². The maximum absolute atomic E-state index is 13.0. The number of phenols is 1. The van der Waals surface area contributed by atoms with Gasteiger partial charge in [-0.15, -0.1) is 0 Å². The summed E-state index contributed by atoms with van der Waals surface area (Å²) in [7, 11) is 0. The van der Waals surface area contributed by atoms with Gasteiger partial charge in [0.05, 0.1) is 14.3 Å². The maximum atomic E-state index is 13.0. The molecule has 1 saturated heterocycles. The summed E-state index contributed by atoms with van der Waals surface area (Å²) in [6.45, 7) is 0. The van der Waals surface area contributed by atoms with Crippen LogP contribution in [0.15, 0.2) is 35.9 Å². The molecular weight excluding hydrogens is 637 g/mol. The second-order valence-electron chi connectivity index (χ2n) is 5.38. The SMILES string of the molecule is O=C1NC(=S)N(c2ccc(Cl)cc2Cl)C(=O)/C1=C/c1cc(I)cc(I)c1O. The van der Waals surface area contributed by atoms with Crippen LogP contribution < -0.4 is 10.2 Å². The molecule has 138 valence electrons. The van der Waals surface area contributed by atoms with Crippen molar-refractivity contribution in [3.05, 3.63) is 58.7 Å². The summed E-state index contributed by atoms with van der Waals surface area (Å²) in [5, 5.41) is 13.3. The van der Waals surface area contributed by atoms with Gasteiger partial charge in [-0.3, -0.25) is 19.8 Å². The van der Waals surface area contributed by atoms with E-state index in [2.05, 4.69) is 27.9 Å². The number of halogens is 4. The number of phenolic OH excluding ortho intramolecular Hbond substituents is 1. The number of thiocarbonyl (C=S) groups is 1. The van der Waals surface area contributed by atoms with Crippen LogP contribution in [-0.2, 0) is 9.59 Å². The molecule has 1 aliphatic rings. The number of amides is 2. The Labute approximate surface area is 197 Å². The average molecular weight is 645 g/mol. The predicted molar refractivity (Wildman–Crippen MR) is 126 cm³/mol. The summed E-state index contributed by atoms with van der Waals surface area (Å²) in [5.74, 6) is -1.32. The average Bonchev–Trinajstić information content (AvgIpc) is 2.57. The van der Waals surface area contributed by atoms with Crippen LogP contribution in [0, 0.1) is 7.14 Å². The lowest BCUT2D eigenvalue weighted by atomic mass is 10.1. The molecule has 1 heterocycles. The molecule has 0 aromatic heterocycles. The van der Waals surface area contributed by atoms with E-state index >= 15 is 0 Å². The molecule has 5 nitrogen and oxygen atoms in total. The summed E-state index contributed by atoms with van der Waals surface area (Å²) < 4.78 is 1.45. The predicted octanol–water partition coefficient (Wildman–Crippen LogP) is 4.74. The van der Waals surface area contributed by atoms with E-state index < -0.39 is 11.8 Å². The molecule has 2 N–H and O–H groups in total. The van der Waals surface area contributed by atoms with Gasteiger partial charge in [-0.2, -0.15) is 0 Å². The Balaban J connectivity index is 2.11. The number of rotatable bonds is 2. The van der Waals surface area contributed by atoms with Crippen molar-refractivity contribution in [1.29, 1.82) is 0 Å². The Morgan fingerprint density at radius 3 is 2.52 bits per heavy atom. The number of hydrogen-bond acceptors (Lipinski definition) is 4. The summed E-state index contributed by atoms with van der Waals surface area (Å²) in [4.78, 5) is 26.5. The van der Waals surface area contributed by atoms with Gasteiger partial charge in [0, 0.05) is 14.2 Å². The number of hydrogen-bond donors (Lipinski definition) is 2. The van der Waals surface area contributed by atoms with Crippen molar-refractivity contribution in [2.45, 2.75) is 0 Å². The Morgan fingerprint density at radius 2 is 1.85 bits per heavy atom. The monoisotopic (exact) mass is 644 g/mol. The molecule has 0 spiro atoms. The van der Waals surface area contributed by atoms with E-state index in [9.17, 15) is 14.7 Å². The molecule has 0 saturated carbocycles. The molecule has 2 aromatic carbocycles. The standard InChI is InChI=1S/C17H8Cl2I2N2O3S/c18-8-1-2-13(11(19)5-8)23-16(26)10(15(25)22-17(23)27)4-7-3-9(20)6-12(21)14(7)24/h1-6,24H,(H,22,25,27)/b10-4+. The number of benzene rings is 2. The van der Waals surface area contributed by atoms with Crippen molar-refractivity contribution < 1.29 is 14.7 Å². The highest BCUT2D eigenvalue weighted by atomic mass is 127. The highest BCUT2D eigenvalue weighted by Crippen LogP contribution is 2.33. The molecule has 2 amide bonds. The lowest BCUT2D eigenvalue weighted by Gasteiger charge is -2.29. The zero-order chi connectivity index (χ0) is 19.9. The van der Waals surface area contributed by atoms with Crippen molar-refractivity contribution in [2.75, 3.05) is 4.90 Å². The summed E-state index contributed by atoms with van der Waals surface area (Å²) in [5.41, 5.74) is 0.464. The van der Waals surface area contributed by atoms with Crippen LogP contribution in [0.25, 0.3) is 6.08 Å². The van der Waals surface area contributed by atoms with Gasteiger partial charge in [-0.05, 0) is 93.8 Å². The number of anilines is 1. The second kappa shape index (κ2) is 8.19. The van der Waals surface area contributed by atoms with E-state index in [-0.39, 0.29) is 21.5 Å². The highest BCUT2D eigenvalue weighted by Gasteiger charge is 2.35. The van der Waals surface area contributed by atoms with Crippen molar-refractivity contribution in [1.82, 2.24) is 5.32 Å². The summed E-state index contributed by atoms with van der Waals surface area (Å²) in [6, 6.07) is 8.01. The molecule has 1 aliphatic heterocycles. The van der Waals surface area contributed by atoms with Gasteiger partial charge >= 0.3 is 0 Å². The Kier molecular flexibility index (Phi) is 6.31. The normalized spacial score (nSPS) is 16.1. The minimum absolute atomic E-state index is 0.0201. The molecule has 0 bridgehead atoms. The van der Waals surface area contributed by atoms with Gasteiger partial charge < -0.3 is 5.11 Å². The van der Waals surface area contributed by atoms with Gasteiger partial charge in [-0.25, -0.2) is 0 Å². The molecule has 10 heteroatoms.